The standard InChI is InChI=1S/C26H24FN3O2S/c27-21-7-3-1-6-20(21)17-28-25(31)19-11-14-29(15-12-19)26(32)23-9-10-24(33-23)30-16-13-18-5-2-4-8-22(18)30/h1-10,13,16,19H,11-12,14-15,17H2,(H,28,31). The molecule has 33 heavy (non-hydrogen) atoms. The molecule has 168 valence electrons. The van der Waals surface area contributed by atoms with Gasteiger partial charge in [0.25, 0.3) is 5.91 Å². The number of rotatable bonds is 5. The average molecular weight is 462 g/mol. The lowest BCUT2D eigenvalue weighted by Crippen LogP contribution is -2.42. The van der Waals surface area contributed by atoms with Crippen LogP contribution in [0.3, 0.4) is 0 Å². The number of benzene rings is 2. The summed E-state index contributed by atoms with van der Waals surface area (Å²) < 4.78 is 15.9. The van der Waals surface area contributed by atoms with Crippen molar-refractivity contribution in [3.63, 3.8) is 0 Å². The SMILES string of the molecule is O=C(NCc1ccccc1F)C1CCN(C(=O)c2ccc(-n3ccc4ccccc43)s2)CC1. The third-order valence-electron chi connectivity index (χ3n) is 6.20. The molecule has 1 fully saturated rings. The molecule has 0 atom stereocenters. The van der Waals surface area contributed by atoms with E-state index in [0.29, 0.717) is 36.4 Å². The van der Waals surface area contributed by atoms with Gasteiger partial charge in [-0.15, -0.1) is 11.3 Å². The Balaban J connectivity index is 1.18. The quantitative estimate of drug-likeness (QED) is 0.455. The van der Waals surface area contributed by atoms with Crippen LogP contribution < -0.4 is 5.32 Å². The van der Waals surface area contributed by atoms with Crippen molar-refractivity contribution in [1.29, 1.82) is 0 Å². The number of likely N-dealkylation sites (tertiary alicyclic amines) is 1. The van der Waals surface area contributed by atoms with Gasteiger partial charge in [0.05, 0.1) is 10.4 Å². The monoisotopic (exact) mass is 461 g/mol. The Morgan fingerprint density at radius 1 is 0.970 bits per heavy atom. The highest BCUT2D eigenvalue weighted by molar-refractivity contribution is 7.16. The molecule has 0 radical (unpaired) electrons. The molecule has 0 aliphatic carbocycles. The third-order valence-corrected chi connectivity index (χ3v) is 7.28. The largest absolute Gasteiger partial charge is 0.352 e. The maximum Gasteiger partial charge on any atom is 0.263 e. The lowest BCUT2D eigenvalue weighted by Gasteiger charge is -2.31. The number of fused-ring (bicyclic) bond motifs is 1. The van der Waals surface area contributed by atoms with E-state index in [4.69, 9.17) is 0 Å². The van der Waals surface area contributed by atoms with E-state index in [1.165, 1.54) is 17.4 Å². The fourth-order valence-electron chi connectivity index (χ4n) is 4.32. The second-order valence-electron chi connectivity index (χ2n) is 8.26. The van der Waals surface area contributed by atoms with E-state index in [9.17, 15) is 14.0 Å². The average Bonchev–Trinajstić information content (AvgIpc) is 3.50. The van der Waals surface area contributed by atoms with Crippen LogP contribution in [0.25, 0.3) is 15.9 Å². The molecule has 2 aromatic carbocycles. The minimum Gasteiger partial charge on any atom is -0.352 e. The molecule has 2 aromatic heterocycles. The van der Waals surface area contributed by atoms with Crippen LogP contribution in [0.15, 0.2) is 72.9 Å². The van der Waals surface area contributed by atoms with Gasteiger partial charge in [-0.1, -0.05) is 36.4 Å². The molecule has 0 saturated carbocycles. The van der Waals surface area contributed by atoms with Crippen LogP contribution in [0.4, 0.5) is 4.39 Å². The second kappa shape index (κ2) is 9.19. The Bertz CT molecular complexity index is 1300. The predicted octanol–water partition coefficient (Wildman–Crippen LogP) is 5.00. The van der Waals surface area contributed by atoms with Crippen LogP contribution in [-0.2, 0) is 11.3 Å². The van der Waals surface area contributed by atoms with Crippen molar-refractivity contribution in [2.24, 2.45) is 5.92 Å². The van der Waals surface area contributed by atoms with E-state index in [2.05, 4.69) is 28.1 Å². The lowest BCUT2D eigenvalue weighted by molar-refractivity contribution is -0.126. The summed E-state index contributed by atoms with van der Waals surface area (Å²) in [5.74, 6) is -0.552. The highest BCUT2D eigenvalue weighted by atomic mass is 32.1. The molecule has 5 nitrogen and oxygen atoms in total. The first-order valence-corrected chi connectivity index (χ1v) is 11.9. The second-order valence-corrected chi connectivity index (χ2v) is 9.32. The van der Waals surface area contributed by atoms with Crippen LogP contribution in [-0.4, -0.2) is 34.4 Å². The molecule has 3 heterocycles. The molecule has 5 rings (SSSR count). The summed E-state index contributed by atoms with van der Waals surface area (Å²) in [5.41, 5.74) is 1.59. The molecule has 1 saturated heterocycles. The van der Waals surface area contributed by atoms with E-state index >= 15 is 0 Å². The molecular formula is C26H24FN3O2S. The van der Waals surface area contributed by atoms with Gasteiger partial charge in [0.15, 0.2) is 0 Å². The fourth-order valence-corrected chi connectivity index (χ4v) is 5.29. The van der Waals surface area contributed by atoms with Gasteiger partial charge in [-0.25, -0.2) is 4.39 Å². The minimum atomic E-state index is -0.318. The summed E-state index contributed by atoms with van der Waals surface area (Å²) in [6.45, 7) is 1.25. The zero-order chi connectivity index (χ0) is 22.8. The van der Waals surface area contributed by atoms with Gasteiger partial charge in [0, 0.05) is 37.3 Å². The molecule has 7 heteroatoms. The normalized spacial score (nSPS) is 14.5. The topological polar surface area (TPSA) is 54.3 Å². The van der Waals surface area contributed by atoms with E-state index in [0.717, 1.165) is 15.9 Å². The van der Waals surface area contributed by atoms with Crippen LogP contribution in [0, 0.1) is 11.7 Å². The molecule has 0 spiro atoms. The molecule has 0 unspecified atom stereocenters. The Morgan fingerprint density at radius 2 is 1.73 bits per heavy atom. The smallest absolute Gasteiger partial charge is 0.263 e. The number of piperidine rings is 1. The first kappa shape index (κ1) is 21.4. The van der Waals surface area contributed by atoms with Crippen molar-refractivity contribution in [2.45, 2.75) is 19.4 Å². The lowest BCUT2D eigenvalue weighted by atomic mass is 9.95. The minimum absolute atomic E-state index is 0.00734. The first-order valence-electron chi connectivity index (χ1n) is 11.1. The number of carbonyl (C=O) groups excluding carboxylic acids is 2. The van der Waals surface area contributed by atoms with Gasteiger partial charge in [0.2, 0.25) is 5.91 Å². The van der Waals surface area contributed by atoms with Crippen LogP contribution in [0.2, 0.25) is 0 Å². The van der Waals surface area contributed by atoms with E-state index in [1.807, 2.05) is 35.4 Å². The number of halogens is 1. The zero-order valence-electron chi connectivity index (χ0n) is 18.0. The van der Waals surface area contributed by atoms with Crippen molar-refractivity contribution < 1.29 is 14.0 Å². The zero-order valence-corrected chi connectivity index (χ0v) is 18.9. The van der Waals surface area contributed by atoms with Crippen molar-refractivity contribution >= 4 is 34.1 Å². The van der Waals surface area contributed by atoms with E-state index in [1.54, 1.807) is 18.2 Å². The Morgan fingerprint density at radius 3 is 2.55 bits per heavy atom. The summed E-state index contributed by atoms with van der Waals surface area (Å²) in [4.78, 5) is 28.1. The number of thiophene rings is 1. The van der Waals surface area contributed by atoms with Crippen molar-refractivity contribution in [2.75, 3.05) is 13.1 Å². The van der Waals surface area contributed by atoms with Crippen LogP contribution in [0.5, 0.6) is 0 Å². The van der Waals surface area contributed by atoms with E-state index in [-0.39, 0.29) is 30.1 Å². The Labute approximate surface area is 195 Å². The van der Waals surface area contributed by atoms with Gasteiger partial charge in [-0.3, -0.25) is 9.59 Å². The Hall–Kier alpha value is -3.45. The van der Waals surface area contributed by atoms with Gasteiger partial charge in [-0.05, 0) is 48.6 Å². The first-order chi connectivity index (χ1) is 16.1. The van der Waals surface area contributed by atoms with Crippen molar-refractivity contribution in [3.8, 4) is 5.00 Å². The summed E-state index contributed by atoms with van der Waals surface area (Å²) in [7, 11) is 0. The van der Waals surface area contributed by atoms with Gasteiger partial charge in [-0.2, -0.15) is 0 Å². The summed E-state index contributed by atoms with van der Waals surface area (Å²) in [6.07, 6.45) is 3.24. The highest BCUT2D eigenvalue weighted by Gasteiger charge is 2.28. The highest BCUT2D eigenvalue weighted by Crippen LogP contribution is 2.28. The fraction of sp³-hybridized carbons (Fsp3) is 0.231. The number of para-hydroxylation sites is 1. The number of carbonyl (C=O) groups is 2. The molecular weight excluding hydrogens is 437 g/mol. The molecule has 2 amide bonds. The van der Waals surface area contributed by atoms with Gasteiger partial charge < -0.3 is 14.8 Å². The summed E-state index contributed by atoms with van der Waals surface area (Å²) in [5, 5.41) is 5.00. The number of nitrogens with zero attached hydrogens (tertiary/aromatic N) is 2. The number of hydrogen-bond donors (Lipinski definition) is 1. The molecule has 1 N–H and O–H groups in total. The number of nitrogens with one attached hydrogen (secondary N) is 1. The van der Waals surface area contributed by atoms with Crippen molar-refractivity contribution in [3.05, 3.63) is 89.2 Å². The van der Waals surface area contributed by atoms with Crippen LogP contribution in [0.1, 0.15) is 28.1 Å². The summed E-state index contributed by atoms with van der Waals surface area (Å²) in [6, 6.07) is 20.5. The van der Waals surface area contributed by atoms with Gasteiger partial charge >= 0.3 is 0 Å². The van der Waals surface area contributed by atoms with Crippen LogP contribution >= 0.6 is 11.3 Å². The predicted molar refractivity (Wildman–Crippen MR) is 128 cm³/mol. The maximum absolute atomic E-state index is 13.8. The molecule has 1 aliphatic rings. The summed E-state index contributed by atoms with van der Waals surface area (Å²) >= 11 is 1.48. The van der Waals surface area contributed by atoms with Gasteiger partial charge in [0.1, 0.15) is 10.8 Å². The number of hydrogen-bond acceptors (Lipinski definition) is 3. The number of aromatic nitrogens is 1. The third kappa shape index (κ3) is 4.41. The number of amides is 2. The maximum atomic E-state index is 13.8. The van der Waals surface area contributed by atoms with E-state index < -0.39 is 0 Å². The Kier molecular flexibility index (Phi) is 5.96. The molecule has 4 aromatic rings. The van der Waals surface area contributed by atoms with Crippen molar-refractivity contribution in [1.82, 2.24) is 14.8 Å². The molecule has 1 aliphatic heterocycles. The molecule has 0 bridgehead atoms.